The average molecular weight is 716 g/mol. The number of halogens is 2. The summed E-state index contributed by atoms with van der Waals surface area (Å²) in [4.78, 5) is 32.9. The summed E-state index contributed by atoms with van der Waals surface area (Å²) in [6.45, 7) is 1.94. The lowest BCUT2D eigenvalue weighted by Crippen LogP contribution is -2.36. The quantitative estimate of drug-likeness (QED) is 0.140. The highest BCUT2D eigenvalue weighted by Gasteiger charge is 2.30. The van der Waals surface area contributed by atoms with Crippen molar-refractivity contribution in [3.05, 3.63) is 81.3 Å². The number of aryl methyl sites for hydroxylation is 1. The molecule has 3 aliphatic rings. The number of amides is 2. The van der Waals surface area contributed by atoms with Gasteiger partial charge in [-0.3, -0.25) is 9.59 Å². The number of rotatable bonds is 12. The van der Waals surface area contributed by atoms with Crippen LogP contribution in [0.3, 0.4) is 0 Å². The number of benzene rings is 2. The topological polar surface area (TPSA) is 126 Å². The molecule has 4 aromatic rings. The molecule has 0 unspecified atom stereocenters. The van der Waals surface area contributed by atoms with Gasteiger partial charge < -0.3 is 30.7 Å². The lowest BCUT2D eigenvalue weighted by molar-refractivity contribution is -0.120. The molecule has 4 heterocycles. The Hall–Kier alpha value is -4.22. The maximum absolute atomic E-state index is 11.7. The van der Waals surface area contributed by atoms with Crippen LogP contribution in [0.25, 0.3) is 33.6 Å². The minimum Gasteiger partial charge on any atom is -0.481 e. The van der Waals surface area contributed by atoms with Crippen LogP contribution in [0.4, 0.5) is 0 Å². The van der Waals surface area contributed by atoms with Crippen molar-refractivity contribution >= 4 is 35.0 Å². The molecule has 3 atom stereocenters. The normalized spacial score (nSPS) is 19.7. The third-order valence-corrected chi connectivity index (χ3v) is 10.6. The zero-order chi connectivity index (χ0) is 34.8. The van der Waals surface area contributed by atoms with Crippen LogP contribution in [0.1, 0.15) is 54.8 Å². The molecule has 0 saturated carbocycles. The summed E-state index contributed by atoms with van der Waals surface area (Å²) in [5, 5.41) is 14.1. The van der Waals surface area contributed by atoms with Crippen molar-refractivity contribution in [3.8, 4) is 45.4 Å². The molecule has 2 saturated heterocycles. The van der Waals surface area contributed by atoms with E-state index in [0.29, 0.717) is 60.0 Å². The lowest BCUT2D eigenvalue weighted by Gasteiger charge is -2.20. The summed E-state index contributed by atoms with van der Waals surface area (Å²) in [7, 11) is 3.25. The summed E-state index contributed by atoms with van der Waals surface area (Å²) in [5.74, 6) is 1.30. The van der Waals surface area contributed by atoms with Crippen LogP contribution in [-0.4, -0.2) is 61.2 Å². The van der Waals surface area contributed by atoms with Crippen LogP contribution in [-0.2, 0) is 22.6 Å². The Bertz CT molecular complexity index is 1940. The van der Waals surface area contributed by atoms with Gasteiger partial charge in [0.1, 0.15) is 0 Å². The molecule has 7 rings (SSSR count). The van der Waals surface area contributed by atoms with E-state index in [9.17, 15) is 9.59 Å². The second kappa shape index (κ2) is 14.9. The van der Waals surface area contributed by atoms with E-state index in [2.05, 4.69) is 27.3 Å². The maximum atomic E-state index is 11.7. The van der Waals surface area contributed by atoms with Crippen molar-refractivity contribution in [3.63, 3.8) is 0 Å². The van der Waals surface area contributed by atoms with Crippen molar-refractivity contribution in [2.75, 3.05) is 27.3 Å². The zero-order valence-electron chi connectivity index (χ0n) is 28.1. The number of nitrogens with zero attached hydrogens (tertiary/aromatic N) is 2. The monoisotopic (exact) mass is 714 g/mol. The molecule has 12 heteroatoms. The number of carbonyl (C=O) groups is 2. The van der Waals surface area contributed by atoms with E-state index in [1.165, 1.54) is 5.56 Å². The van der Waals surface area contributed by atoms with Gasteiger partial charge in [-0.15, -0.1) is 0 Å². The van der Waals surface area contributed by atoms with Gasteiger partial charge >= 0.3 is 0 Å². The first-order valence-corrected chi connectivity index (χ1v) is 17.8. The van der Waals surface area contributed by atoms with E-state index in [4.69, 9.17) is 42.6 Å². The summed E-state index contributed by atoms with van der Waals surface area (Å²) in [5.41, 5.74) is 7.65. The smallest absolute Gasteiger partial charge is 0.220 e. The van der Waals surface area contributed by atoms with Crippen molar-refractivity contribution in [1.82, 2.24) is 31.2 Å². The van der Waals surface area contributed by atoms with Crippen LogP contribution < -0.4 is 30.7 Å². The Morgan fingerprint density at radius 3 is 1.96 bits per heavy atom. The second-order valence-electron chi connectivity index (χ2n) is 13.0. The minimum absolute atomic E-state index is 0.0982. The van der Waals surface area contributed by atoms with Gasteiger partial charge in [-0.25, -0.2) is 9.97 Å². The SMILES string of the molecule is COc1nc(-c2cccc(-c3cccc(-c4cc5c(c(OC)n4)[C@H](NC[C@@H]4CCC(=O)N4)CC5)c3Cl)c2Cl)ccc1CNC[C@@H]1CCC(=O)N1. The van der Waals surface area contributed by atoms with Crippen LogP contribution in [0.15, 0.2) is 54.6 Å². The second-order valence-corrected chi connectivity index (χ2v) is 13.8. The minimum atomic E-state index is 0.0982. The maximum Gasteiger partial charge on any atom is 0.220 e. The number of aromatic nitrogens is 2. The number of pyridine rings is 2. The molecule has 260 valence electrons. The predicted molar refractivity (Wildman–Crippen MR) is 195 cm³/mol. The van der Waals surface area contributed by atoms with E-state index >= 15 is 0 Å². The highest BCUT2D eigenvalue weighted by molar-refractivity contribution is 6.39. The molecule has 4 N–H and O–H groups in total. The molecule has 50 heavy (non-hydrogen) atoms. The average Bonchev–Trinajstić information content (AvgIpc) is 3.86. The van der Waals surface area contributed by atoms with Gasteiger partial charge in [0.05, 0.1) is 35.7 Å². The van der Waals surface area contributed by atoms with E-state index in [1.54, 1.807) is 14.2 Å². The Balaban J connectivity index is 1.13. The number of fused-ring (bicyclic) bond motifs is 1. The van der Waals surface area contributed by atoms with Crippen molar-refractivity contribution < 1.29 is 19.1 Å². The number of hydrogen-bond acceptors (Lipinski definition) is 8. The van der Waals surface area contributed by atoms with Gasteiger partial charge in [-0.2, -0.15) is 0 Å². The van der Waals surface area contributed by atoms with E-state index in [1.807, 2.05) is 48.5 Å². The standard InChI is InChI=1S/C38H40Cl2N6O4/c1-49-37-22(18-41-19-23-11-15-32(47)43-23)10-13-29(45-37)27-7-3-5-25(35(27)39)26-6-4-8-28(36(26)40)31-17-21-9-14-30(34(21)38(46-31)50-2)42-20-24-12-16-33(48)44-24/h3-8,10,13,17,23-24,30,41-42H,9,11-12,14-16,18-20H2,1-2H3,(H,43,47)(H,44,48)/t23-,24-,30+/m0/s1. The van der Waals surface area contributed by atoms with Crippen molar-refractivity contribution in [2.45, 2.75) is 63.2 Å². The third-order valence-electron chi connectivity index (χ3n) is 9.81. The van der Waals surface area contributed by atoms with Gasteiger partial charge in [0.25, 0.3) is 0 Å². The highest BCUT2D eigenvalue weighted by atomic mass is 35.5. The molecule has 2 amide bonds. The van der Waals surface area contributed by atoms with Crippen LogP contribution in [0.5, 0.6) is 11.8 Å². The molecule has 2 aromatic heterocycles. The molecule has 2 aliphatic heterocycles. The molecule has 1 aliphatic carbocycles. The van der Waals surface area contributed by atoms with Crippen LogP contribution in [0, 0.1) is 0 Å². The molecule has 10 nitrogen and oxygen atoms in total. The van der Waals surface area contributed by atoms with Crippen LogP contribution >= 0.6 is 23.2 Å². The first-order chi connectivity index (χ1) is 24.3. The predicted octanol–water partition coefficient (Wildman–Crippen LogP) is 6.03. The first-order valence-electron chi connectivity index (χ1n) is 17.1. The fraction of sp³-hybridized carbons (Fsp3) is 0.368. The molecule has 2 fully saturated rings. The third kappa shape index (κ3) is 7.03. The van der Waals surface area contributed by atoms with Crippen LogP contribution in [0.2, 0.25) is 10.0 Å². The zero-order valence-corrected chi connectivity index (χ0v) is 29.6. The number of methoxy groups -OCH3 is 2. The van der Waals surface area contributed by atoms with Gasteiger partial charge in [0, 0.05) is 84.0 Å². The molecule has 0 bridgehead atoms. The van der Waals surface area contributed by atoms with Gasteiger partial charge in [0.2, 0.25) is 23.6 Å². The Morgan fingerprint density at radius 2 is 1.34 bits per heavy atom. The fourth-order valence-corrected chi connectivity index (χ4v) is 7.89. The number of nitrogens with one attached hydrogen (secondary N) is 4. The Morgan fingerprint density at radius 1 is 0.740 bits per heavy atom. The Kier molecular flexibility index (Phi) is 10.2. The largest absolute Gasteiger partial charge is 0.481 e. The van der Waals surface area contributed by atoms with E-state index in [-0.39, 0.29) is 29.9 Å². The molecular formula is C38H40Cl2N6O4. The molecule has 2 aromatic carbocycles. The van der Waals surface area contributed by atoms with Crippen molar-refractivity contribution in [2.24, 2.45) is 0 Å². The number of carbonyl (C=O) groups excluding carboxylic acids is 2. The molecule has 0 spiro atoms. The van der Waals surface area contributed by atoms with Gasteiger partial charge in [-0.05, 0) is 43.4 Å². The van der Waals surface area contributed by atoms with Crippen molar-refractivity contribution in [1.29, 1.82) is 0 Å². The number of hydrogen-bond donors (Lipinski definition) is 4. The highest BCUT2D eigenvalue weighted by Crippen LogP contribution is 2.44. The van der Waals surface area contributed by atoms with E-state index in [0.717, 1.165) is 64.8 Å². The molecule has 0 radical (unpaired) electrons. The van der Waals surface area contributed by atoms with E-state index < -0.39 is 0 Å². The van der Waals surface area contributed by atoms with Gasteiger partial charge in [0.15, 0.2) is 0 Å². The summed E-state index contributed by atoms with van der Waals surface area (Å²) in [6.07, 6.45) is 4.64. The Labute approximate surface area is 301 Å². The summed E-state index contributed by atoms with van der Waals surface area (Å²) < 4.78 is 11.5. The molecular weight excluding hydrogens is 675 g/mol. The summed E-state index contributed by atoms with van der Waals surface area (Å²) in [6, 6.07) is 18.1. The fourth-order valence-electron chi connectivity index (χ4n) is 7.24. The van der Waals surface area contributed by atoms with Gasteiger partial charge in [-0.1, -0.05) is 65.7 Å². The lowest BCUT2D eigenvalue weighted by atomic mass is 9.97. The number of ether oxygens (including phenoxy) is 2. The summed E-state index contributed by atoms with van der Waals surface area (Å²) >= 11 is 14.3. The first kappa shape index (κ1) is 34.2.